The van der Waals surface area contributed by atoms with Gasteiger partial charge in [0, 0.05) is 43.1 Å². The van der Waals surface area contributed by atoms with E-state index in [0.29, 0.717) is 113 Å². The lowest BCUT2D eigenvalue weighted by Gasteiger charge is -2.16. The number of aromatic nitrogens is 8. The van der Waals surface area contributed by atoms with Gasteiger partial charge in [0.25, 0.3) is 0 Å². The molecule has 0 spiro atoms. The quantitative estimate of drug-likeness (QED) is 0.152. The van der Waals surface area contributed by atoms with Crippen molar-refractivity contribution in [1.29, 1.82) is 0 Å². The van der Waals surface area contributed by atoms with Crippen molar-refractivity contribution in [1.82, 2.24) is 39.9 Å². The highest BCUT2D eigenvalue weighted by molar-refractivity contribution is 6.22. The molecule has 0 radical (unpaired) electrons. The number of H-pyrrole nitrogens is 2. The van der Waals surface area contributed by atoms with Crippen LogP contribution in [0.2, 0.25) is 0 Å². The van der Waals surface area contributed by atoms with Crippen LogP contribution in [-0.2, 0) is 0 Å². The summed E-state index contributed by atoms with van der Waals surface area (Å²) in [6.45, 7) is 4.20. The zero-order valence-corrected chi connectivity index (χ0v) is 43.7. The topological polar surface area (TPSA) is 164 Å². The average Bonchev–Trinajstić information content (AvgIpc) is 3.74. The molecule has 0 saturated carbocycles. The van der Waals surface area contributed by atoms with E-state index in [-0.39, 0.29) is 0 Å². The first-order valence-electron chi connectivity index (χ1n) is 25.5. The van der Waals surface area contributed by atoms with Gasteiger partial charge in [-0.25, -0.2) is 29.9 Å². The second-order valence-corrected chi connectivity index (χ2v) is 19.6. The normalized spacial score (nSPS) is 12.1. The number of hydrogen-bond donors (Lipinski definition) is 2. The van der Waals surface area contributed by atoms with Crippen molar-refractivity contribution in [2.45, 2.75) is 13.8 Å². The van der Waals surface area contributed by atoms with Gasteiger partial charge in [0.15, 0.2) is 23.3 Å². The van der Waals surface area contributed by atoms with Gasteiger partial charge >= 0.3 is 0 Å². The first-order valence-corrected chi connectivity index (χ1v) is 25.5. The Morgan fingerprint density at radius 3 is 0.923 bits per heavy atom. The van der Waals surface area contributed by atoms with Crippen molar-refractivity contribution in [3.63, 3.8) is 0 Å². The van der Waals surface area contributed by atoms with Crippen LogP contribution in [0.3, 0.4) is 0 Å². The number of aryl methyl sites for hydroxylation is 2. The first kappa shape index (κ1) is 45.3. The van der Waals surface area contributed by atoms with Crippen molar-refractivity contribution < 1.29 is 28.4 Å². The van der Waals surface area contributed by atoms with Gasteiger partial charge < -0.3 is 38.4 Å². The second kappa shape index (κ2) is 16.7. The standard InChI is InChI=1S/C64H46N8O6/c1-29-35-21-13-14-22-36(35)51(73-3)45-43(29)57-65-59(45)69-63-49-50(56(78-8)42-28-34-20-12-11-19-33(34)27-41(42)55(49)77-7)64(72-63)70-60-46-44(30(2)39-25-31-17-9-10-18-32(31)26-40(39)54(46)76-6)58(66-60)68-62-48-47(61(67-57)71-62)52(74-4)37-23-15-16-24-38(37)53(48)75-5/h9-28H,1-8H3,(H2,65,66,67,68,69,70,71,72). The molecule has 0 unspecified atom stereocenters. The molecule has 0 aliphatic carbocycles. The van der Waals surface area contributed by atoms with Crippen LogP contribution >= 0.6 is 0 Å². The third-order valence-corrected chi connectivity index (χ3v) is 15.8. The lowest BCUT2D eigenvalue weighted by Crippen LogP contribution is -1.97. The molecule has 2 aliphatic rings. The Labute approximate surface area is 444 Å². The van der Waals surface area contributed by atoms with Crippen LogP contribution in [0, 0.1) is 13.8 Å². The van der Waals surface area contributed by atoms with E-state index in [4.69, 9.17) is 58.3 Å². The van der Waals surface area contributed by atoms with E-state index >= 15 is 0 Å². The fourth-order valence-corrected chi connectivity index (χ4v) is 12.5. The van der Waals surface area contributed by atoms with Gasteiger partial charge in [-0.2, -0.15) is 0 Å². The molecular weight excluding hydrogens is 977 g/mol. The van der Waals surface area contributed by atoms with E-state index < -0.39 is 0 Å². The van der Waals surface area contributed by atoms with Gasteiger partial charge in [-0.15, -0.1) is 0 Å². The van der Waals surface area contributed by atoms with Crippen molar-refractivity contribution in [2.24, 2.45) is 0 Å². The second-order valence-electron chi connectivity index (χ2n) is 19.6. The Hall–Kier alpha value is -10.1. The minimum Gasteiger partial charge on any atom is -0.495 e. The van der Waals surface area contributed by atoms with Crippen molar-refractivity contribution >= 4 is 109 Å². The summed E-state index contributed by atoms with van der Waals surface area (Å²) in [5.74, 6) is 4.77. The van der Waals surface area contributed by atoms with E-state index in [9.17, 15) is 0 Å². The van der Waals surface area contributed by atoms with Crippen LogP contribution in [0.15, 0.2) is 121 Å². The molecule has 0 atom stereocenters. The maximum absolute atomic E-state index is 6.54. The molecule has 378 valence electrons. The summed E-state index contributed by atoms with van der Waals surface area (Å²) in [7, 11) is 10.0. The molecule has 14 heteroatoms. The summed E-state index contributed by atoms with van der Waals surface area (Å²) in [6, 6.07) is 41.3. The molecule has 2 N–H and O–H groups in total. The number of ether oxygens (including phenoxy) is 6. The van der Waals surface area contributed by atoms with Crippen molar-refractivity contribution in [3.05, 3.63) is 132 Å². The van der Waals surface area contributed by atoms with Gasteiger partial charge in [0.2, 0.25) is 0 Å². The molecule has 78 heavy (non-hydrogen) atoms. The third kappa shape index (κ3) is 6.07. The monoisotopic (exact) mass is 1020 g/mol. The molecule has 5 heterocycles. The largest absolute Gasteiger partial charge is 0.495 e. The summed E-state index contributed by atoms with van der Waals surface area (Å²) in [5.41, 5.74) is 6.13. The predicted molar refractivity (Wildman–Crippen MR) is 310 cm³/mol. The number of fused-ring (bicyclic) bond motifs is 26. The van der Waals surface area contributed by atoms with Gasteiger partial charge in [-0.3, -0.25) is 0 Å². The Morgan fingerprint density at radius 2 is 0.551 bits per heavy atom. The van der Waals surface area contributed by atoms with Gasteiger partial charge in [0.1, 0.15) is 57.1 Å². The van der Waals surface area contributed by atoms with E-state index in [0.717, 1.165) is 86.5 Å². The summed E-state index contributed by atoms with van der Waals surface area (Å²) < 4.78 is 38.8. The molecule has 14 nitrogen and oxygen atoms in total. The van der Waals surface area contributed by atoms with Gasteiger partial charge in [-0.05, 0) is 81.6 Å². The number of rotatable bonds is 6. The lowest BCUT2D eigenvalue weighted by molar-refractivity contribution is 0.413. The van der Waals surface area contributed by atoms with Crippen LogP contribution in [0.25, 0.3) is 154 Å². The third-order valence-electron chi connectivity index (χ3n) is 15.8. The zero-order chi connectivity index (χ0) is 52.8. The fourth-order valence-electron chi connectivity index (χ4n) is 12.5. The lowest BCUT2D eigenvalue weighted by atomic mass is 9.95. The summed E-state index contributed by atoms with van der Waals surface area (Å²) in [4.78, 5) is 40.5. The number of nitrogens with zero attached hydrogens (tertiary/aromatic N) is 6. The molecule has 8 bridgehead atoms. The Morgan fingerprint density at radius 1 is 0.282 bits per heavy atom. The highest BCUT2D eigenvalue weighted by atomic mass is 16.5. The maximum Gasteiger partial charge on any atom is 0.168 e. The number of hydrogen-bond acceptors (Lipinski definition) is 12. The molecule has 0 fully saturated rings. The fraction of sp³-hybridized carbons (Fsp3) is 0.125. The highest BCUT2D eigenvalue weighted by Crippen LogP contribution is 2.55. The number of nitrogens with one attached hydrogen (secondary N) is 2. The first-order chi connectivity index (χ1) is 38.2. The molecule has 2 aliphatic heterocycles. The number of methoxy groups -OCH3 is 6. The molecule has 13 aromatic rings. The van der Waals surface area contributed by atoms with Crippen LogP contribution in [-0.4, -0.2) is 82.5 Å². The smallest absolute Gasteiger partial charge is 0.168 e. The van der Waals surface area contributed by atoms with Crippen LogP contribution < -0.4 is 28.4 Å². The van der Waals surface area contributed by atoms with Crippen LogP contribution in [0.4, 0.5) is 0 Å². The summed E-state index contributed by atoms with van der Waals surface area (Å²) in [5, 5.41) is 14.2. The minimum atomic E-state index is 0.320. The highest BCUT2D eigenvalue weighted by Gasteiger charge is 2.35. The van der Waals surface area contributed by atoms with Crippen LogP contribution in [0.1, 0.15) is 11.1 Å². The molecule has 3 aromatic heterocycles. The van der Waals surface area contributed by atoms with Gasteiger partial charge in [-0.1, -0.05) is 97.1 Å². The molecule has 0 saturated heterocycles. The maximum atomic E-state index is 6.54. The van der Waals surface area contributed by atoms with E-state index in [1.807, 2.05) is 60.7 Å². The molecule has 0 amide bonds. The Kier molecular flexibility index (Phi) is 9.71. The van der Waals surface area contributed by atoms with E-state index in [2.05, 4.69) is 84.5 Å². The van der Waals surface area contributed by atoms with Crippen molar-refractivity contribution in [3.8, 4) is 80.0 Å². The molecule has 15 rings (SSSR count). The Bertz CT molecular complexity index is 5050. The number of benzene rings is 10. The van der Waals surface area contributed by atoms with Crippen molar-refractivity contribution in [2.75, 3.05) is 42.7 Å². The van der Waals surface area contributed by atoms with E-state index in [1.54, 1.807) is 42.7 Å². The Balaban J connectivity index is 1.22. The molecule has 10 aromatic carbocycles. The van der Waals surface area contributed by atoms with Gasteiger partial charge in [0.05, 0.1) is 75.7 Å². The number of aromatic amines is 2. The SMILES string of the molecule is COc1c2c(c(OC)c3ccccc13)-c1nc-2nc2[nH]c(nc3nc(nc4[nH]c(n1)c1c(C)c5cc6ccccc6cc5c(OC)c41)-c1c-3c(OC)c3cc4ccccc4cc3c1OC)c1c(OC)c3ccccc3c(C)c21. The van der Waals surface area contributed by atoms with Crippen LogP contribution in [0.5, 0.6) is 34.5 Å². The minimum absolute atomic E-state index is 0.320. The average molecular weight is 1020 g/mol. The van der Waals surface area contributed by atoms with E-state index in [1.165, 1.54) is 0 Å². The molecular formula is C64H46N8O6. The zero-order valence-electron chi connectivity index (χ0n) is 43.7. The summed E-state index contributed by atoms with van der Waals surface area (Å²) >= 11 is 0. The summed E-state index contributed by atoms with van der Waals surface area (Å²) in [6.07, 6.45) is 0. The predicted octanol–water partition coefficient (Wildman–Crippen LogP) is 14.5.